The molecule has 1 aliphatic carbocycles. The van der Waals surface area contributed by atoms with E-state index < -0.39 is 11.2 Å². The van der Waals surface area contributed by atoms with Gasteiger partial charge >= 0.3 is 5.97 Å². The number of rotatable bonds is 6. The number of para-hydroxylation sites is 1. The highest BCUT2D eigenvalue weighted by atomic mass is 35.5. The predicted molar refractivity (Wildman–Crippen MR) is 105 cm³/mol. The van der Waals surface area contributed by atoms with Gasteiger partial charge in [0.05, 0.1) is 16.0 Å². The van der Waals surface area contributed by atoms with Crippen LogP contribution in [0.5, 0.6) is 5.75 Å². The zero-order valence-corrected chi connectivity index (χ0v) is 15.9. The molecule has 3 aromatic rings. The highest BCUT2D eigenvalue weighted by Crippen LogP contribution is 2.45. The molecule has 0 saturated heterocycles. The fraction of sp³-hybridized carbons (Fsp3) is 0.273. The Morgan fingerprint density at radius 1 is 1.14 bits per heavy atom. The maximum Gasteiger partial charge on any atom is 0.316 e. The van der Waals surface area contributed by atoms with Gasteiger partial charge in [0.2, 0.25) is 0 Å². The number of benzene rings is 2. The number of carbonyl (C=O) groups excluding carboxylic acids is 1. The van der Waals surface area contributed by atoms with E-state index in [1.807, 2.05) is 24.3 Å². The third-order valence-corrected chi connectivity index (χ3v) is 5.56. The smallest absolute Gasteiger partial charge is 0.316 e. The first-order chi connectivity index (χ1) is 13.6. The van der Waals surface area contributed by atoms with Crippen molar-refractivity contribution in [2.75, 3.05) is 13.2 Å². The predicted octanol–water partition coefficient (Wildman–Crippen LogP) is 5.07. The first-order valence-corrected chi connectivity index (χ1v) is 9.57. The van der Waals surface area contributed by atoms with Gasteiger partial charge in [-0.2, -0.15) is 0 Å². The second-order valence-corrected chi connectivity index (χ2v) is 7.28. The van der Waals surface area contributed by atoms with Crippen LogP contribution in [0.15, 0.2) is 54.7 Å². The van der Waals surface area contributed by atoms with Crippen LogP contribution in [-0.4, -0.2) is 24.2 Å². The van der Waals surface area contributed by atoms with Gasteiger partial charge in [-0.25, -0.2) is 4.39 Å². The summed E-state index contributed by atoms with van der Waals surface area (Å²) >= 11 is 5.76. The summed E-state index contributed by atoms with van der Waals surface area (Å²) in [5.74, 6) is -0.172. The maximum absolute atomic E-state index is 13.8. The number of halogens is 2. The van der Waals surface area contributed by atoms with Crippen molar-refractivity contribution in [3.63, 3.8) is 0 Å². The topological polar surface area (TPSA) is 48.4 Å². The molecule has 0 radical (unpaired) electrons. The molecule has 4 rings (SSSR count). The number of nitrogens with zero attached hydrogens (tertiary/aromatic N) is 1. The van der Waals surface area contributed by atoms with Crippen LogP contribution in [0, 0.1) is 5.82 Å². The molecule has 0 spiro atoms. The first-order valence-electron chi connectivity index (χ1n) is 9.19. The van der Waals surface area contributed by atoms with Crippen molar-refractivity contribution in [2.45, 2.75) is 24.7 Å². The lowest BCUT2D eigenvalue weighted by Crippen LogP contribution is -2.44. The summed E-state index contributed by atoms with van der Waals surface area (Å²) in [7, 11) is 0. The van der Waals surface area contributed by atoms with Crippen LogP contribution < -0.4 is 4.74 Å². The lowest BCUT2D eigenvalue weighted by atomic mass is 9.64. The summed E-state index contributed by atoms with van der Waals surface area (Å²) in [5.41, 5.74) is 0.677. The SMILES string of the molecule is O=C(OCCOc1ccnc2ccccc12)C1(c2ccc(Cl)c(F)c2)CCC1. The van der Waals surface area contributed by atoms with Crippen molar-refractivity contribution < 1.29 is 18.7 Å². The van der Waals surface area contributed by atoms with Crippen LogP contribution in [0.25, 0.3) is 10.9 Å². The summed E-state index contributed by atoms with van der Waals surface area (Å²) in [5, 5.41) is 0.952. The summed E-state index contributed by atoms with van der Waals surface area (Å²) < 4.78 is 25.1. The van der Waals surface area contributed by atoms with Gasteiger partial charge in [-0.05, 0) is 48.7 Å². The van der Waals surface area contributed by atoms with Gasteiger partial charge in [-0.1, -0.05) is 36.2 Å². The Balaban J connectivity index is 1.39. The standard InChI is InChI=1S/C22H19ClFNO3/c23-17-7-6-15(14-18(17)24)22(9-3-10-22)21(26)28-13-12-27-20-8-11-25-19-5-2-1-4-16(19)20/h1-2,4-8,11,14H,3,9-10,12-13H2. The van der Waals surface area contributed by atoms with Crippen LogP contribution in [-0.2, 0) is 14.9 Å². The molecule has 1 heterocycles. The Morgan fingerprint density at radius 3 is 2.71 bits per heavy atom. The van der Waals surface area contributed by atoms with Gasteiger partial charge in [0.25, 0.3) is 0 Å². The highest BCUT2D eigenvalue weighted by Gasteiger charge is 2.47. The van der Waals surface area contributed by atoms with E-state index in [9.17, 15) is 9.18 Å². The average molecular weight is 400 g/mol. The Hall–Kier alpha value is -2.66. The largest absolute Gasteiger partial charge is 0.489 e. The van der Waals surface area contributed by atoms with Crippen molar-refractivity contribution in [3.8, 4) is 5.75 Å². The van der Waals surface area contributed by atoms with Gasteiger partial charge < -0.3 is 9.47 Å². The maximum atomic E-state index is 13.8. The zero-order chi connectivity index (χ0) is 19.6. The fourth-order valence-corrected chi connectivity index (χ4v) is 3.67. The minimum absolute atomic E-state index is 0.0459. The Morgan fingerprint density at radius 2 is 1.96 bits per heavy atom. The molecular formula is C22H19ClFNO3. The molecule has 28 heavy (non-hydrogen) atoms. The minimum Gasteiger partial charge on any atom is -0.489 e. The summed E-state index contributed by atoms with van der Waals surface area (Å²) in [6.07, 6.45) is 3.87. The molecule has 0 N–H and O–H groups in total. The lowest BCUT2D eigenvalue weighted by Gasteiger charge is -2.39. The van der Waals surface area contributed by atoms with Crippen LogP contribution in [0.4, 0.5) is 4.39 Å². The van der Waals surface area contributed by atoms with Crippen molar-refractivity contribution in [1.29, 1.82) is 0 Å². The number of fused-ring (bicyclic) bond motifs is 1. The van der Waals surface area contributed by atoms with Gasteiger partial charge in [-0.15, -0.1) is 0 Å². The third kappa shape index (κ3) is 3.42. The van der Waals surface area contributed by atoms with E-state index in [1.165, 1.54) is 12.1 Å². The highest BCUT2D eigenvalue weighted by molar-refractivity contribution is 6.30. The van der Waals surface area contributed by atoms with Crippen LogP contribution in [0.1, 0.15) is 24.8 Å². The zero-order valence-electron chi connectivity index (χ0n) is 15.2. The molecule has 4 nitrogen and oxygen atoms in total. The second kappa shape index (κ2) is 7.76. The van der Waals surface area contributed by atoms with Crippen LogP contribution in [0.3, 0.4) is 0 Å². The van der Waals surface area contributed by atoms with E-state index >= 15 is 0 Å². The minimum atomic E-state index is -0.783. The number of hydrogen-bond acceptors (Lipinski definition) is 4. The quantitative estimate of drug-likeness (QED) is 0.429. The van der Waals surface area contributed by atoms with Gasteiger partial charge in [0.15, 0.2) is 0 Å². The van der Waals surface area contributed by atoms with Crippen molar-refractivity contribution in [2.24, 2.45) is 0 Å². The van der Waals surface area contributed by atoms with Gasteiger partial charge in [0, 0.05) is 11.6 Å². The molecule has 0 aliphatic heterocycles. The Labute approximate surface area is 167 Å². The molecule has 1 saturated carbocycles. The molecule has 0 bridgehead atoms. The number of hydrogen-bond donors (Lipinski definition) is 0. The first kappa shape index (κ1) is 18.7. The van der Waals surface area contributed by atoms with E-state index in [0.717, 1.165) is 17.3 Å². The van der Waals surface area contributed by atoms with E-state index in [1.54, 1.807) is 18.3 Å². The molecule has 0 atom stereocenters. The number of esters is 1. The molecule has 1 fully saturated rings. The molecule has 1 aromatic heterocycles. The number of aromatic nitrogens is 1. The van der Waals surface area contributed by atoms with E-state index in [4.69, 9.17) is 21.1 Å². The summed E-state index contributed by atoms with van der Waals surface area (Å²) in [6, 6.07) is 14.0. The van der Waals surface area contributed by atoms with Gasteiger partial charge in [0.1, 0.15) is 24.8 Å². The lowest BCUT2D eigenvalue weighted by molar-refractivity contribution is -0.155. The summed E-state index contributed by atoms with van der Waals surface area (Å²) in [4.78, 5) is 17.0. The normalized spacial score (nSPS) is 15.1. The number of pyridine rings is 1. The third-order valence-electron chi connectivity index (χ3n) is 5.25. The van der Waals surface area contributed by atoms with Crippen molar-refractivity contribution in [3.05, 3.63) is 71.1 Å². The van der Waals surface area contributed by atoms with E-state index in [2.05, 4.69) is 4.98 Å². The van der Waals surface area contributed by atoms with Gasteiger partial charge in [-0.3, -0.25) is 9.78 Å². The Bertz CT molecular complexity index is 1010. The van der Waals surface area contributed by atoms with Crippen molar-refractivity contribution >= 4 is 28.5 Å². The second-order valence-electron chi connectivity index (χ2n) is 6.88. The van der Waals surface area contributed by atoms with E-state index in [0.29, 0.717) is 24.2 Å². The summed E-state index contributed by atoms with van der Waals surface area (Å²) in [6.45, 7) is 0.345. The van der Waals surface area contributed by atoms with Crippen LogP contribution >= 0.6 is 11.6 Å². The fourth-order valence-electron chi connectivity index (χ4n) is 3.55. The number of ether oxygens (including phenoxy) is 2. The molecule has 2 aromatic carbocycles. The van der Waals surface area contributed by atoms with Crippen molar-refractivity contribution in [1.82, 2.24) is 4.98 Å². The Kier molecular flexibility index (Phi) is 5.18. The molecule has 144 valence electrons. The number of carbonyl (C=O) groups is 1. The average Bonchev–Trinajstić information content (AvgIpc) is 2.67. The molecule has 6 heteroatoms. The molecule has 0 unspecified atom stereocenters. The molecular weight excluding hydrogens is 381 g/mol. The molecule has 0 amide bonds. The van der Waals surface area contributed by atoms with Crippen LogP contribution in [0.2, 0.25) is 5.02 Å². The van der Waals surface area contributed by atoms with E-state index in [-0.39, 0.29) is 24.2 Å². The molecule has 1 aliphatic rings. The monoisotopic (exact) mass is 399 g/mol.